The predicted octanol–water partition coefficient (Wildman–Crippen LogP) is 2.27. The van der Waals surface area contributed by atoms with Crippen molar-refractivity contribution in [2.75, 3.05) is 27.3 Å². The van der Waals surface area contributed by atoms with Crippen molar-refractivity contribution in [3.05, 3.63) is 71.3 Å². The second-order valence-electron chi connectivity index (χ2n) is 5.80. The first kappa shape index (κ1) is 19.0. The van der Waals surface area contributed by atoms with E-state index in [0.29, 0.717) is 25.7 Å². The van der Waals surface area contributed by atoms with Gasteiger partial charge in [0.1, 0.15) is 0 Å². The number of nitrogens with zero attached hydrogens (tertiary/aromatic N) is 1. The molecule has 0 saturated carbocycles. The Morgan fingerprint density at radius 2 is 1.72 bits per heavy atom. The number of guanidine groups is 1. The molecule has 2 aromatic rings. The summed E-state index contributed by atoms with van der Waals surface area (Å²) in [6.07, 6.45) is 0. The zero-order chi connectivity index (χ0) is 17.9. The molecular weight excluding hydrogens is 314 g/mol. The Balaban J connectivity index is 1.91. The summed E-state index contributed by atoms with van der Waals surface area (Å²) in [6.45, 7) is 1.95. The highest BCUT2D eigenvalue weighted by Gasteiger charge is 2.11. The summed E-state index contributed by atoms with van der Waals surface area (Å²) >= 11 is 0. The van der Waals surface area contributed by atoms with Crippen LogP contribution >= 0.6 is 0 Å². The van der Waals surface area contributed by atoms with Crippen LogP contribution in [0, 0.1) is 0 Å². The topological polar surface area (TPSA) is 65.9 Å². The molecule has 2 aromatic carbocycles. The lowest BCUT2D eigenvalue weighted by Gasteiger charge is -2.18. The zero-order valence-electron chi connectivity index (χ0n) is 14.9. The number of nitrogens with one attached hydrogen (secondary N) is 2. The molecule has 0 aliphatic rings. The highest BCUT2D eigenvalue weighted by molar-refractivity contribution is 5.79. The molecule has 1 unspecified atom stereocenters. The minimum Gasteiger partial charge on any atom is -0.396 e. The average molecular weight is 341 g/mol. The van der Waals surface area contributed by atoms with Gasteiger partial charge in [-0.3, -0.25) is 4.99 Å². The standard InChI is InChI=1S/C20H27N3O2/c1-21-20(22-12-17-10-6-7-11-18(17)15-25-2)23-13-19(14-24)16-8-4-3-5-9-16/h3-11,19,24H,12-15H2,1-2H3,(H2,21,22,23). The van der Waals surface area contributed by atoms with Crippen molar-refractivity contribution in [1.82, 2.24) is 10.6 Å². The lowest BCUT2D eigenvalue weighted by atomic mass is 10.0. The Kier molecular flexibility index (Phi) is 7.95. The molecule has 0 aliphatic heterocycles. The van der Waals surface area contributed by atoms with Crippen LogP contribution in [0.4, 0.5) is 0 Å². The maximum absolute atomic E-state index is 9.65. The summed E-state index contributed by atoms with van der Waals surface area (Å²) < 4.78 is 5.24. The average Bonchev–Trinajstić information content (AvgIpc) is 2.67. The number of aliphatic hydroxyl groups excluding tert-OH is 1. The molecule has 5 nitrogen and oxygen atoms in total. The van der Waals surface area contributed by atoms with Gasteiger partial charge in [0.25, 0.3) is 0 Å². The third-order valence-corrected chi connectivity index (χ3v) is 4.10. The molecule has 0 radical (unpaired) electrons. The molecule has 25 heavy (non-hydrogen) atoms. The van der Waals surface area contributed by atoms with Crippen molar-refractivity contribution in [3.8, 4) is 0 Å². The fourth-order valence-corrected chi connectivity index (χ4v) is 2.66. The van der Waals surface area contributed by atoms with E-state index in [4.69, 9.17) is 4.74 Å². The summed E-state index contributed by atoms with van der Waals surface area (Å²) in [6, 6.07) is 18.2. The van der Waals surface area contributed by atoms with E-state index in [1.165, 1.54) is 5.56 Å². The van der Waals surface area contributed by atoms with E-state index < -0.39 is 0 Å². The van der Waals surface area contributed by atoms with Crippen molar-refractivity contribution in [1.29, 1.82) is 0 Å². The Hall–Kier alpha value is -2.37. The molecule has 0 fully saturated rings. The Morgan fingerprint density at radius 3 is 2.36 bits per heavy atom. The van der Waals surface area contributed by atoms with E-state index in [1.807, 2.05) is 42.5 Å². The molecule has 0 saturated heterocycles. The van der Waals surface area contributed by atoms with Crippen LogP contribution in [0.2, 0.25) is 0 Å². The summed E-state index contributed by atoms with van der Waals surface area (Å²) in [5.41, 5.74) is 3.44. The second-order valence-corrected chi connectivity index (χ2v) is 5.80. The van der Waals surface area contributed by atoms with Gasteiger partial charge >= 0.3 is 0 Å². The van der Waals surface area contributed by atoms with E-state index in [0.717, 1.165) is 11.1 Å². The second kappa shape index (κ2) is 10.5. The molecule has 134 valence electrons. The van der Waals surface area contributed by atoms with Gasteiger partial charge in [0.15, 0.2) is 5.96 Å². The maximum atomic E-state index is 9.65. The van der Waals surface area contributed by atoms with Gasteiger partial charge in [-0.1, -0.05) is 54.6 Å². The zero-order valence-corrected chi connectivity index (χ0v) is 14.9. The first-order valence-electron chi connectivity index (χ1n) is 8.44. The van der Waals surface area contributed by atoms with Crippen LogP contribution < -0.4 is 10.6 Å². The SMILES string of the molecule is CN=C(NCc1ccccc1COC)NCC(CO)c1ccccc1. The van der Waals surface area contributed by atoms with Crippen LogP contribution in [0.25, 0.3) is 0 Å². The lowest BCUT2D eigenvalue weighted by Crippen LogP contribution is -2.39. The summed E-state index contributed by atoms with van der Waals surface area (Å²) in [5, 5.41) is 16.3. The molecule has 0 bridgehead atoms. The number of hydrogen-bond acceptors (Lipinski definition) is 3. The van der Waals surface area contributed by atoms with Gasteiger partial charge in [-0.15, -0.1) is 0 Å². The number of ether oxygens (including phenoxy) is 1. The van der Waals surface area contributed by atoms with Crippen LogP contribution in [-0.2, 0) is 17.9 Å². The van der Waals surface area contributed by atoms with E-state index in [2.05, 4.69) is 27.8 Å². The molecule has 1 atom stereocenters. The van der Waals surface area contributed by atoms with Gasteiger partial charge in [-0.25, -0.2) is 0 Å². The van der Waals surface area contributed by atoms with Gasteiger partial charge in [-0.2, -0.15) is 0 Å². The normalized spacial score (nSPS) is 12.7. The van der Waals surface area contributed by atoms with Gasteiger partial charge in [0.05, 0.1) is 13.2 Å². The molecule has 0 heterocycles. The highest BCUT2D eigenvalue weighted by Crippen LogP contribution is 2.13. The summed E-state index contributed by atoms with van der Waals surface area (Å²) in [4.78, 5) is 4.26. The Labute approximate surface area is 149 Å². The van der Waals surface area contributed by atoms with Gasteiger partial charge < -0.3 is 20.5 Å². The monoisotopic (exact) mass is 341 g/mol. The third-order valence-electron chi connectivity index (χ3n) is 4.10. The molecule has 0 amide bonds. The third kappa shape index (κ3) is 5.89. The highest BCUT2D eigenvalue weighted by atomic mass is 16.5. The minimum absolute atomic E-state index is 0.0283. The molecule has 3 N–H and O–H groups in total. The van der Waals surface area contributed by atoms with Crippen LogP contribution in [0.5, 0.6) is 0 Å². The molecule has 2 rings (SSSR count). The molecular formula is C20H27N3O2. The van der Waals surface area contributed by atoms with Crippen molar-refractivity contribution >= 4 is 5.96 Å². The van der Waals surface area contributed by atoms with E-state index in [1.54, 1.807) is 14.2 Å². The quantitative estimate of drug-likeness (QED) is 0.509. The van der Waals surface area contributed by atoms with Gasteiger partial charge in [-0.05, 0) is 16.7 Å². The van der Waals surface area contributed by atoms with Crippen LogP contribution in [-0.4, -0.2) is 38.4 Å². The lowest BCUT2D eigenvalue weighted by molar-refractivity contribution is 0.184. The van der Waals surface area contributed by atoms with Crippen molar-refractivity contribution < 1.29 is 9.84 Å². The van der Waals surface area contributed by atoms with E-state index >= 15 is 0 Å². The first-order chi connectivity index (χ1) is 12.3. The number of hydrogen-bond donors (Lipinski definition) is 3. The fraction of sp³-hybridized carbons (Fsp3) is 0.350. The maximum Gasteiger partial charge on any atom is 0.191 e. The molecule has 0 aromatic heterocycles. The largest absolute Gasteiger partial charge is 0.396 e. The van der Waals surface area contributed by atoms with Crippen molar-refractivity contribution in [2.24, 2.45) is 4.99 Å². The number of aliphatic imine (C=N–C) groups is 1. The summed E-state index contributed by atoms with van der Waals surface area (Å²) in [7, 11) is 3.44. The molecule has 0 aliphatic carbocycles. The van der Waals surface area contributed by atoms with Gasteiger partial charge in [0, 0.05) is 33.2 Å². The Morgan fingerprint density at radius 1 is 1.04 bits per heavy atom. The Bertz CT molecular complexity index is 659. The summed E-state index contributed by atoms with van der Waals surface area (Å²) in [5.74, 6) is 0.738. The van der Waals surface area contributed by atoms with Gasteiger partial charge in [0.2, 0.25) is 0 Å². The first-order valence-corrected chi connectivity index (χ1v) is 8.44. The fourth-order valence-electron chi connectivity index (χ4n) is 2.66. The minimum atomic E-state index is 0.0283. The number of benzene rings is 2. The van der Waals surface area contributed by atoms with Crippen LogP contribution in [0.1, 0.15) is 22.6 Å². The number of methoxy groups -OCH3 is 1. The molecule has 0 spiro atoms. The van der Waals surface area contributed by atoms with Crippen LogP contribution in [0.15, 0.2) is 59.6 Å². The number of rotatable bonds is 8. The predicted molar refractivity (Wildman–Crippen MR) is 102 cm³/mol. The smallest absolute Gasteiger partial charge is 0.191 e. The van der Waals surface area contributed by atoms with Crippen molar-refractivity contribution in [3.63, 3.8) is 0 Å². The molecule has 5 heteroatoms. The number of aliphatic hydroxyl groups is 1. The van der Waals surface area contributed by atoms with E-state index in [-0.39, 0.29) is 12.5 Å². The van der Waals surface area contributed by atoms with Crippen molar-refractivity contribution in [2.45, 2.75) is 19.1 Å². The van der Waals surface area contributed by atoms with E-state index in [9.17, 15) is 5.11 Å². The van der Waals surface area contributed by atoms with Crippen LogP contribution in [0.3, 0.4) is 0 Å².